The van der Waals surface area contributed by atoms with Crippen molar-refractivity contribution in [2.24, 2.45) is 4.99 Å². The standard InChI is InChI=1S/C17H24Cl2F2N4O2/c1-4-22-17(23-6-5-14(26)25-10(2)3)24-9-11-7-12(18)8-13(19)15(11)27-16(20)21/h7-8,10,16H,4-6,9H2,1-3H3,(H,25,26)(H2,22,23,24). The molecule has 1 aromatic carbocycles. The van der Waals surface area contributed by atoms with Gasteiger partial charge in [-0.25, -0.2) is 4.99 Å². The maximum atomic E-state index is 12.6. The fraction of sp³-hybridized carbons (Fsp3) is 0.529. The lowest BCUT2D eigenvalue weighted by Crippen LogP contribution is -2.40. The molecule has 0 aliphatic heterocycles. The Hall–Kier alpha value is -1.80. The number of ether oxygens (including phenoxy) is 1. The van der Waals surface area contributed by atoms with Gasteiger partial charge in [0.15, 0.2) is 5.96 Å². The predicted molar refractivity (Wildman–Crippen MR) is 104 cm³/mol. The Kier molecular flexibility index (Phi) is 10.2. The summed E-state index contributed by atoms with van der Waals surface area (Å²) in [6.07, 6.45) is 0.269. The van der Waals surface area contributed by atoms with Crippen molar-refractivity contribution < 1.29 is 18.3 Å². The minimum absolute atomic E-state index is 0.00978. The van der Waals surface area contributed by atoms with Gasteiger partial charge in [-0.2, -0.15) is 8.78 Å². The Morgan fingerprint density at radius 1 is 1.26 bits per heavy atom. The first kappa shape index (κ1) is 23.2. The number of nitrogens with one attached hydrogen (secondary N) is 3. The Balaban J connectivity index is 2.81. The summed E-state index contributed by atoms with van der Waals surface area (Å²) in [6.45, 7) is 3.58. The van der Waals surface area contributed by atoms with Crippen LogP contribution in [0.1, 0.15) is 32.8 Å². The smallest absolute Gasteiger partial charge is 0.387 e. The molecule has 0 saturated heterocycles. The van der Waals surface area contributed by atoms with Gasteiger partial charge >= 0.3 is 6.61 Å². The molecule has 0 radical (unpaired) electrons. The molecule has 1 amide bonds. The lowest BCUT2D eigenvalue weighted by molar-refractivity contribution is -0.121. The number of rotatable bonds is 9. The molecule has 0 heterocycles. The number of halogens is 4. The van der Waals surface area contributed by atoms with E-state index in [4.69, 9.17) is 23.2 Å². The molecule has 0 saturated carbocycles. The van der Waals surface area contributed by atoms with Crippen LogP contribution in [0.25, 0.3) is 0 Å². The average molecular weight is 425 g/mol. The van der Waals surface area contributed by atoms with Crippen LogP contribution in [-0.2, 0) is 11.3 Å². The van der Waals surface area contributed by atoms with Crippen molar-refractivity contribution >= 4 is 35.1 Å². The second kappa shape index (κ2) is 11.8. The second-order valence-corrected chi connectivity index (χ2v) is 6.69. The highest BCUT2D eigenvalue weighted by Gasteiger charge is 2.15. The van der Waals surface area contributed by atoms with E-state index in [1.807, 2.05) is 20.8 Å². The fourth-order valence-corrected chi connectivity index (χ4v) is 2.73. The molecular weight excluding hydrogens is 401 g/mol. The largest absolute Gasteiger partial charge is 0.433 e. The SMILES string of the molecule is CCNC(=NCc1cc(Cl)cc(Cl)c1OC(F)F)NCCC(=O)NC(C)C. The van der Waals surface area contributed by atoms with Gasteiger partial charge in [0.25, 0.3) is 0 Å². The van der Waals surface area contributed by atoms with Gasteiger partial charge in [0.1, 0.15) is 5.75 Å². The molecule has 0 unspecified atom stereocenters. The fourth-order valence-electron chi connectivity index (χ4n) is 2.15. The molecule has 6 nitrogen and oxygen atoms in total. The molecule has 0 fully saturated rings. The van der Waals surface area contributed by atoms with Crippen LogP contribution < -0.4 is 20.7 Å². The van der Waals surface area contributed by atoms with E-state index in [1.54, 1.807) is 0 Å². The van der Waals surface area contributed by atoms with E-state index in [1.165, 1.54) is 12.1 Å². The Bertz CT molecular complexity index is 658. The molecule has 0 aliphatic carbocycles. The summed E-state index contributed by atoms with van der Waals surface area (Å²) in [5.74, 6) is 0.184. The zero-order chi connectivity index (χ0) is 20.4. The number of aliphatic imine (C=N–C) groups is 1. The van der Waals surface area contributed by atoms with Crippen molar-refractivity contribution in [3.05, 3.63) is 27.7 Å². The molecule has 0 spiro atoms. The topological polar surface area (TPSA) is 74.8 Å². The van der Waals surface area contributed by atoms with Crippen LogP contribution in [0.4, 0.5) is 8.78 Å². The van der Waals surface area contributed by atoms with Crippen molar-refractivity contribution in [2.75, 3.05) is 13.1 Å². The van der Waals surface area contributed by atoms with Crippen LogP contribution in [0, 0.1) is 0 Å². The quantitative estimate of drug-likeness (QED) is 0.418. The number of hydrogen-bond acceptors (Lipinski definition) is 3. The van der Waals surface area contributed by atoms with E-state index >= 15 is 0 Å². The van der Waals surface area contributed by atoms with Crippen molar-refractivity contribution in [1.82, 2.24) is 16.0 Å². The first-order valence-electron chi connectivity index (χ1n) is 8.47. The molecule has 0 bridgehead atoms. The highest BCUT2D eigenvalue weighted by atomic mass is 35.5. The Labute approximate surface area is 167 Å². The van der Waals surface area contributed by atoms with Gasteiger partial charge in [-0.05, 0) is 32.9 Å². The van der Waals surface area contributed by atoms with Crippen LogP contribution >= 0.6 is 23.2 Å². The molecule has 152 valence electrons. The van der Waals surface area contributed by atoms with Gasteiger partial charge in [0, 0.05) is 36.1 Å². The molecule has 10 heteroatoms. The van der Waals surface area contributed by atoms with E-state index in [-0.39, 0.29) is 40.7 Å². The summed E-state index contributed by atoms with van der Waals surface area (Å²) >= 11 is 11.9. The van der Waals surface area contributed by atoms with Crippen molar-refractivity contribution in [2.45, 2.75) is 46.4 Å². The molecule has 1 aromatic rings. The number of amides is 1. The van der Waals surface area contributed by atoms with Crippen molar-refractivity contribution in [3.63, 3.8) is 0 Å². The zero-order valence-corrected chi connectivity index (χ0v) is 16.9. The van der Waals surface area contributed by atoms with E-state index in [2.05, 4.69) is 25.7 Å². The van der Waals surface area contributed by atoms with Gasteiger partial charge in [-0.3, -0.25) is 4.79 Å². The van der Waals surface area contributed by atoms with E-state index < -0.39 is 6.61 Å². The molecule has 0 aromatic heterocycles. The second-order valence-electron chi connectivity index (χ2n) is 5.85. The van der Waals surface area contributed by atoms with Gasteiger partial charge < -0.3 is 20.7 Å². The van der Waals surface area contributed by atoms with Gasteiger partial charge in [0.2, 0.25) is 5.91 Å². The van der Waals surface area contributed by atoms with Gasteiger partial charge in [-0.1, -0.05) is 23.2 Å². The highest BCUT2D eigenvalue weighted by molar-refractivity contribution is 6.35. The monoisotopic (exact) mass is 424 g/mol. The third-order valence-electron chi connectivity index (χ3n) is 3.14. The number of guanidine groups is 1. The summed E-state index contributed by atoms with van der Waals surface area (Å²) < 4.78 is 29.7. The summed E-state index contributed by atoms with van der Waals surface area (Å²) in [6, 6.07) is 2.86. The minimum atomic E-state index is -3.02. The van der Waals surface area contributed by atoms with Crippen LogP contribution in [0.5, 0.6) is 5.75 Å². The van der Waals surface area contributed by atoms with Crippen molar-refractivity contribution in [3.8, 4) is 5.75 Å². The maximum absolute atomic E-state index is 12.6. The molecule has 1 rings (SSSR count). The van der Waals surface area contributed by atoms with E-state index in [0.29, 0.717) is 24.6 Å². The first-order chi connectivity index (χ1) is 12.7. The molecule has 27 heavy (non-hydrogen) atoms. The Morgan fingerprint density at radius 3 is 2.56 bits per heavy atom. The van der Waals surface area contributed by atoms with E-state index in [9.17, 15) is 13.6 Å². The maximum Gasteiger partial charge on any atom is 0.387 e. The molecule has 3 N–H and O–H groups in total. The summed E-state index contributed by atoms with van der Waals surface area (Å²) in [5, 5.41) is 9.07. The predicted octanol–water partition coefficient (Wildman–Crippen LogP) is 3.56. The van der Waals surface area contributed by atoms with E-state index in [0.717, 1.165) is 0 Å². The number of carbonyl (C=O) groups excluding carboxylic acids is 1. The summed E-state index contributed by atoms with van der Waals surface area (Å²) in [4.78, 5) is 16.0. The number of benzene rings is 1. The minimum Gasteiger partial charge on any atom is -0.433 e. The van der Waals surface area contributed by atoms with Crippen LogP contribution in [0.15, 0.2) is 17.1 Å². The van der Waals surface area contributed by atoms with Crippen LogP contribution in [-0.4, -0.2) is 37.6 Å². The zero-order valence-electron chi connectivity index (χ0n) is 15.4. The lowest BCUT2D eigenvalue weighted by Gasteiger charge is -2.14. The molecule has 0 atom stereocenters. The summed E-state index contributed by atoms with van der Waals surface area (Å²) in [7, 11) is 0. The average Bonchev–Trinajstić information content (AvgIpc) is 2.54. The first-order valence-corrected chi connectivity index (χ1v) is 9.22. The molecule has 0 aliphatic rings. The number of carbonyl (C=O) groups is 1. The van der Waals surface area contributed by atoms with Gasteiger partial charge in [-0.15, -0.1) is 0 Å². The normalized spacial score (nSPS) is 11.7. The third-order valence-corrected chi connectivity index (χ3v) is 3.64. The number of alkyl halides is 2. The van der Waals surface area contributed by atoms with Gasteiger partial charge in [0.05, 0.1) is 11.6 Å². The number of hydrogen-bond donors (Lipinski definition) is 3. The number of nitrogens with zero attached hydrogens (tertiary/aromatic N) is 1. The Morgan fingerprint density at radius 2 is 1.96 bits per heavy atom. The van der Waals surface area contributed by atoms with Crippen molar-refractivity contribution in [1.29, 1.82) is 0 Å². The molecular formula is C17H24Cl2F2N4O2. The van der Waals surface area contributed by atoms with Crippen LogP contribution in [0.2, 0.25) is 10.0 Å². The van der Waals surface area contributed by atoms with Crippen LogP contribution in [0.3, 0.4) is 0 Å². The lowest BCUT2D eigenvalue weighted by atomic mass is 10.2. The third kappa shape index (κ3) is 9.10. The summed E-state index contributed by atoms with van der Waals surface area (Å²) in [5.41, 5.74) is 0.322. The highest BCUT2D eigenvalue weighted by Crippen LogP contribution is 2.34.